The number of fused-ring (bicyclic) bond motifs is 1. The summed E-state index contributed by atoms with van der Waals surface area (Å²) in [5.41, 5.74) is 3.73. The van der Waals surface area contributed by atoms with Crippen molar-refractivity contribution in [2.45, 2.75) is 25.8 Å². The number of para-hydroxylation sites is 3. The van der Waals surface area contributed by atoms with Crippen molar-refractivity contribution in [1.29, 1.82) is 0 Å². The summed E-state index contributed by atoms with van der Waals surface area (Å²) >= 11 is 6.00. The highest BCUT2D eigenvalue weighted by Crippen LogP contribution is 2.20. The summed E-state index contributed by atoms with van der Waals surface area (Å²) in [6.45, 7) is 5.69. The van der Waals surface area contributed by atoms with Gasteiger partial charge in [0.25, 0.3) is 5.91 Å². The molecule has 0 radical (unpaired) electrons. The summed E-state index contributed by atoms with van der Waals surface area (Å²) < 4.78 is 8.28. The molecule has 6 heteroatoms. The van der Waals surface area contributed by atoms with Crippen molar-refractivity contribution >= 4 is 28.5 Å². The number of ether oxygens (including phenoxy) is 1. The number of nitrogens with one attached hydrogen (secondary N) is 1. The fraction of sp³-hybridized carbons (Fsp3) is 0.214. The normalized spacial score (nSPS) is 10.9. The predicted octanol–water partition coefficient (Wildman–Crippen LogP) is 5.86. The Morgan fingerprint density at radius 1 is 1.09 bits per heavy atom. The molecular formula is C28H28ClN3O2. The number of allylic oxidation sites excluding steroid dienone is 1. The SMILES string of the molecule is C=CCc1ccccc1OCCCn1c(CCNC(=O)c2cccc(Cl)c2)nc2ccccc21. The summed E-state index contributed by atoms with van der Waals surface area (Å²) in [5, 5.41) is 3.51. The number of aryl methyl sites for hydroxylation is 1. The summed E-state index contributed by atoms with van der Waals surface area (Å²) in [6, 6.07) is 23.1. The van der Waals surface area contributed by atoms with Gasteiger partial charge in [-0.3, -0.25) is 4.79 Å². The third-order valence-electron chi connectivity index (χ3n) is 5.58. The van der Waals surface area contributed by atoms with E-state index < -0.39 is 0 Å². The smallest absolute Gasteiger partial charge is 0.251 e. The number of imidazole rings is 1. The monoisotopic (exact) mass is 473 g/mol. The molecule has 0 saturated heterocycles. The lowest BCUT2D eigenvalue weighted by atomic mass is 10.1. The second-order valence-electron chi connectivity index (χ2n) is 7.99. The van der Waals surface area contributed by atoms with E-state index in [0.717, 1.165) is 47.6 Å². The Balaban J connectivity index is 1.38. The zero-order valence-electron chi connectivity index (χ0n) is 19.0. The van der Waals surface area contributed by atoms with Crippen LogP contribution >= 0.6 is 11.6 Å². The van der Waals surface area contributed by atoms with Crippen LogP contribution in [0.25, 0.3) is 11.0 Å². The highest BCUT2D eigenvalue weighted by atomic mass is 35.5. The van der Waals surface area contributed by atoms with Crippen molar-refractivity contribution in [3.05, 3.63) is 107 Å². The lowest BCUT2D eigenvalue weighted by Crippen LogP contribution is -2.26. The second-order valence-corrected chi connectivity index (χ2v) is 8.42. The molecule has 0 aliphatic heterocycles. The van der Waals surface area contributed by atoms with Gasteiger partial charge in [-0.1, -0.05) is 54.1 Å². The molecule has 0 fully saturated rings. The second kappa shape index (κ2) is 11.5. The number of hydrogen-bond donors (Lipinski definition) is 1. The van der Waals surface area contributed by atoms with Gasteiger partial charge in [-0.2, -0.15) is 0 Å². The maximum absolute atomic E-state index is 12.4. The van der Waals surface area contributed by atoms with Gasteiger partial charge in [0, 0.05) is 30.1 Å². The van der Waals surface area contributed by atoms with Crippen LogP contribution in [-0.2, 0) is 19.4 Å². The number of rotatable bonds is 11. The first-order valence-corrected chi connectivity index (χ1v) is 11.8. The Hall–Kier alpha value is -3.57. The first-order valence-electron chi connectivity index (χ1n) is 11.4. The molecule has 34 heavy (non-hydrogen) atoms. The molecule has 0 aliphatic rings. The number of benzene rings is 3. The van der Waals surface area contributed by atoms with Gasteiger partial charge >= 0.3 is 0 Å². The third-order valence-corrected chi connectivity index (χ3v) is 5.81. The molecule has 5 nitrogen and oxygen atoms in total. The van der Waals surface area contributed by atoms with Crippen LogP contribution in [0.1, 0.15) is 28.2 Å². The molecule has 1 heterocycles. The lowest BCUT2D eigenvalue weighted by molar-refractivity contribution is 0.0954. The molecular weight excluding hydrogens is 446 g/mol. The number of carbonyl (C=O) groups excluding carboxylic acids is 1. The van der Waals surface area contributed by atoms with E-state index in [-0.39, 0.29) is 5.91 Å². The zero-order chi connectivity index (χ0) is 23.8. The van der Waals surface area contributed by atoms with Gasteiger partial charge in [0.15, 0.2) is 0 Å². The van der Waals surface area contributed by atoms with Crippen molar-refractivity contribution in [2.75, 3.05) is 13.2 Å². The van der Waals surface area contributed by atoms with Gasteiger partial charge in [-0.25, -0.2) is 4.98 Å². The maximum atomic E-state index is 12.4. The van der Waals surface area contributed by atoms with E-state index in [2.05, 4.69) is 28.6 Å². The van der Waals surface area contributed by atoms with E-state index in [1.165, 1.54) is 0 Å². The van der Waals surface area contributed by atoms with E-state index >= 15 is 0 Å². The summed E-state index contributed by atoms with van der Waals surface area (Å²) in [7, 11) is 0. The van der Waals surface area contributed by atoms with E-state index in [0.29, 0.717) is 30.2 Å². The number of hydrogen-bond acceptors (Lipinski definition) is 3. The fourth-order valence-electron chi connectivity index (χ4n) is 3.96. The minimum absolute atomic E-state index is 0.142. The van der Waals surface area contributed by atoms with Gasteiger partial charge < -0.3 is 14.6 Å². The largest absolute Gasteiger partial charge is 0.493 e. The molecule has 174 valence electrons. The van der Waals surface area contributed by atoms with Crippen LogP contribution in [0.15, 0.2) is 85.5 Å². The first-order chi connectivity index (χ1) is 16.7. The van der Waals surface area contributed by atoms with Gasteiger partial charge in [0.1, 0.15) is 11.6 Å². The molecule has 0 saturated carbocycles. The Labute approximate surface area is 205 Å². The number of halogens is 1. The van der Waals surface area contributed by atoms with E-state index in [1.807, 2.05) is 42.5 Å². The minimum Gasteiger partial charge on any atom is -0.493 e. The quantitative estimate of drug-likeness (QED) is 0.219. The topological polar surface area (TPSA) is 56.1 Å². The van der Waals surface area contributed by atoms with E-state index in [9.17, 15) is 4.79 Å². The molecule has 0 spiro atoms. The van der Waals surface area contributed by atoms with Crippen molar-refractivity contribution < 1.29 is 9.53 Å². The summed E-state index contributed by atoms with van der Waals surface area (Å²) in [4.78, 5) is 17.3. The van der Waals surface area contributed by atoms with Gasteiger partial charge in [0.05, 0.1) is 17.6 Å². The molecule has 0 aliphatic carbocycles. The van der Waals surface area contributed by atoms with Crippen molar-refractivity contribution in [1.82, 2.24) is 14.9 Å². The highest BCUT2D eigenvalue weighted by Gasteiger charge is 2.12. The Morgan fingerprint density at radius 2 is 1.91 bits per heavy atom. The number of amides is 1. The first kappa shape index (κ1) is 23.6. The average Bonchev–Trinajstić information content (AvgIpc) is 3.20. The van der Waals surface area contributed by atoms with Crippen molar-refractivity contribution in [3.8, 4) is 5.75 Å². The molecule has 1 amide bonds. The zero-order valence-corrected chi connectivity index (χ0v) is 19.8. The van der Waals surface area contributed by atoms with Crippen LogP contribution in [0.4, 0.5) is 0 Å². The summed E-state index contributed by atoms with van der Waals surface area (Å²) in [5.74, 6) is 1.71. The highest BCUT2D eigenvalue weighted by molar-refractivity contribution is 6.30. The Bertz CT molecular complexity index is 1280. The molecule has 3 aromatic carbocycles. The van der Waals surface area contributed by atoms with Gasteiger partial charge in [-0.05, 0) is 54.8 Å². The van der Waals surface area contributed by atoms with E-state index in [1.54, 1.807) is 24.3 Å². The summed E-state index contributed by atoms with van der Waals surface area (Å²) in [6.07, 6.45) is 4.14. The third kappa shape index (κ3) is 5.86. The van der Waals surface area contributed by atoms with E-state index in [4.69, 9.17) is 21.3 Å². The van der Waals surface area contributed by atoms with Gasteiger partial charge in [0.2, 0.25) is 0 Å². The molecule has 4 aromatic rings. The Morgan fingerprint density at radius 3 is 2.76 bits per heavy atom. The molecule has 0 unspecified atom stereocenters. The Kier molecular flexibility index (Phi) is 7.99. The van der Waals surface area contributed by atoms with Crippen LogP contribution in [0.3, 0.4) is 0 Å². The van der Waals surface area contributed by atoms with Crippen LogP contribution < -0.4 is 10.1 Å². The fourth-order valence-corrected chi connectivity index (χ4v) is 4.15. The number of carbonyl (C=O) groups is 1. The maximum Gasteiger partial charge on any atom is 0.251 e. The molecule has 0 bridgehead atoms. The molecule has 0 atom stereocenters. The van der Waals surface area contributed by atoms with Crippen LogP contribution in [0, 0.1) is 0 Å². The van der Waals surface area contributed by atoms with Crippen LogP contribution in [0.2, 0.25) is 5.02 Å². The predicted molar refractivity (Wildman–Crippen MR) is 138 cm³/mol. The lowest BCUT2D eigenvalue weighted by Gasteiger charge is -2.13. The molecule has 1 N–H and O–H groups in total. The van der Waals surface area contributed by atoms with Crippen LogP contribution in [0.5, 0.6) is 5.75 Å². The van der Waals surface area contributed by atoms with Gasteiger partial charge in [-0.15, -0.1) is 6.58 Å². The molecule has 1 aromatic heterocycles. The van der Waals surface area contributed by atoms with Crippen LogP contribution in [-0.4, -0.2) is 28.6 Å². The number of nitrogens with zero attached hydrogens (tertiary/aromatic N) is 2. The minimum atomic E-state index is -0.142. The van der Waals surface area contributed by atoms with Crippen molar-refractivity contribution in [3.63, 3.8) is 0 Å². The molecule has 4 rings (SSSR count). The standard InChI is InChI=1S/C28H28ClN3O2/c1-2-9-21-10-3-6-15-26(21)34-19-8-18-32-25-14-5-4-13-24(25)31-27(32)16-17-30-28(33)22-11-7-12-23(29)20-22/h2-7,10-15,20H,1,8-9,16-19H2,(H,30,33). The average molecular weight is 474 g/mol. The van der Waals surface area contributed by atoms with Crippen molar-refractivity contribution in [2.24, 2.45) is 0 Å². The number of aromatic nitrogens is 2.